The molecule has 0 atom stereocenters. The Morgan fingerprint density at radius 2 is 1.15 bits per heavy atom. The van der Waals surface area contributed by atoms with Gasteiger partial charge in [-0.3, -0.25) is 0 Å². The first kappa shape index (κ1) is 35.7. The van der Waals surface area contributed by atoms with Crippen LogP contribution in [0.25, 0.3) is 52.4 Å². The van der Waals surface area contributed by atoms with Crippen molar-refractivity contribution in [1.82, 2.24) is 4.48 Å². The summed E-state index contributed by atoms with van der Waals surface area (Å²) >= 11 is 3.93. The van der Waals surface area contributed by atoms with Crippen LogP contribution in [0.15, 0.2) is 152 Å². The molecule has 1 aliphatic carbocycles. The van der Waals surface area contributed by atoms with Gasteiger partial charge in [0, 0.05) is 69.9 Å². The first-order valence-corrected chi connectivity index (χ1v) is 23.3. The third-order valence-electron chi connectivity index (χ3n) is 14.3. The van der Waals surface area contributed by atoms with E-state index in [-0.39, 0.29) is 17.7 Å². The SMILES string of the molecule is Cc1cc2c(cc1N1c3cc(N(c4ccccc4)c4ccccc4)cc4c3B(c3sc5ccccc5c31)n1c3c-4cccc3c3sc4ccccc4c31)C(C)(C)CCC2(C)C. The quantitative estimate of drug-likeness (QED) is 0.164. The van der Waals surface area contributed by atoms with E-state index >= 15 is 0 Å². The maximum atomic E-state index is 2.76. The van der Waals surface area contributed by atoms with Gasteiger partial charge < -0.3 is 14.3 Å². The highest BCUT2D eigenvalue weighted by atomic mass is 32.1. The first-order valence-electron chi connectivity index (χ1n) is 21.7. The molecule has 13 rings (SSSR count). The summed E-state index contributed by atoms with van der Waals surface area (Å²) in [5, 5.41) is 3.99. The van der Waals surface area contributed by atoms with Crippen molar-refractivity contribution >= 4 is 115 Å². The van der Waals surface area contributed by atoms with Gasteiger partial charge in [-0.2, -0.15) is 0 Å². The highest BCUT2D eigenvalue weighted by Gasteiger charge is 2.47. The van der Waals surface area contributed by atoms with E-state index in [1.165, 1.54) is 109 Å². The van der Waals surface area contributed by atoms with Crippen LogP contribution in [0.4, 0.5) is 34.1 Å². The van der Waals surface area contributed by atoms with Gasteiger partial charge in [0.25, 0.3) is 0 Å². The first-order chi connectivity index (χ1) is 29.7. The maximum Gasteiger partial charge on any atom is 0.343 e. The topological polar surface area (TPSA) is 11.4 Å². The zero-order valence-corrected chi connectivity index (χ0v) is 36.7. The van der Waals surface area contributed by atoms with E-state index in [2.05, 4.69) is 201 Å². The van der Waals surface area contributed by atoms with Gasteiger partial charge in [-0.15, -0.1) is 22.7 Å². The molecule has 0 spiro atoms. The minimum atomic E-state index is -0.00851. The molecule has 10 aromatic rings. The third-order valence-corrected chi connectivity index (χ3v) is 16.7. The van der Waals surface area contributed by atoms with Crippen molar-refractivity contribution in [2.45, 2.75) is 58.3 Å². The van der Waals surface area contributed by atoms with Gasteiger partial charge in [0.1, 0.15) is 0 Å². The molecule has 0 saturated heterocycles. The van der Waals surface area contributed by atoms with Gasteiger partial charge in [-0.1, -0.05) is 125 Å². The summed E-state index contributed by atoms with van der Waals surface area (Å²) in [5.41, 5.74) is 18.4. The molecule has 0 radical (unpaired) electrons. The van der Waals surface area contributed by atoms with Crippen molar-refractivity contribution in [2.24, 2.45) is 0 Å². The number of hydrogen-bond donors (Lipinski definition) is 0. The lowest BCUT2D eigenvalue weighted by Crippen LogP contribution is -2.55. The summed E-state index contributed by atoms with van der Waals surface area (Å²) in [6, 6.07) is 57.2. The number of para-hydroxylation sites is 3. The lowest BCUT2D eigenvalue weighted by Gasteiger charge is -2.44. The number of aromatic nitrogens is 1. The largest absolute Gasteiger partial charge is 0.374 e. The van der Waals surface area contributed by atoms with Crippen LogP contribution in [0.3, 0.4) is 0 Å². The van der Waals surface area contributed by atoms with Gasteiger partial charge in [-0.25, -0.2) is 0 Å². The Balaban J connectivity index is 1.21. The minimum absolute atomic E-state index is 0.00851. The molecular formula is C55H44BN3S2. The van der Waals surface area contributed by atoms with Crippen LogP contribution in [0.2, 0.25) is 0 Å². The molecule has 3 aromatic heterocycles. The average molecular weight is 822 g/mol. The summed E-state index contributed by atoms with van der Waals surface area (Å²) < 4.78 is 8.21. The van der Waals surface area contributed by atoms with E-state index in [0.717, 1.165) is 17.1 Å². The molecule has 3 nitrogen and oxygen atoms in total. The molecule has 3 aliphatic rings. The molecule has 7 aromatic carbocycles. The van der Waals surface area contributed by atoms with E-state index in [4.69, 9.17) is 0 Å². The van der Waals surface area contributed by atoms with Gasteiger partial charge >= 0.3 is 6.85 Å². The molecule has 0 fully saturated rings. The summed E-state index contributed by atoms with van der Waals surface area (Å²) in [6.45, 7) is 12.2. The van der Waals surface area contributed by atoms with Gasteiger partial charge in [-0.05, 0) is 113 Å². The number of fused-ring (bicyclic) bond motifs is 12. The van der Waals surface area contributed by atoms with E-state index in [0.29, 0.717) is 0 Å². The highest BCUT2D eigenvalue weighted by molar-refractivity contribution is 7.32. The molecule has 61 heavy (non-hydrogen) atoms. The fraction of sp³-hybridized carbons (Fsp3) is 0.164. The number of nitrogens with zero attached hydrogens (tertiary/aromatic N) is 3. The van der Waals surface area contributed by atoms with Crippen LogP contribution in [0.1, 0.15) is 57.2 Å². The van der Waals surface area contributed by atoms with Crippen molar-refractivity contribution in [2.75, 3.05) is 9.80 Å². The Labute approximate surface area is 365 Å². The Bertz CT molecular complexity index is 3420. The molecule has 5 heterocycles. The van der Waals surface area contributed by atoms with Gasteiger partial charge in [0.05, 0.1) is 15.9 Å². The van der Waals surface area contributed by atoms with Crippen LogP contribution >= 0.6 is 22.7 Å². The van der Waals surface area contributed by atoms with Crippen LogP contribution in [0.5, 0.6) is 0 Å². The van der Waals surface area contributed by atoms with E-state index < -0.39 is 0 Å². The summed E-state index contributed by atoms with van der Waals surface area (Å²) in [7, 11) is 0. The predicted molar refractivity (Wildman–Crippen MR) is 265 cm³/mol. The molecule has 0 amide bonds. The molecule has 294 valence electrons. The van der Waals surface area contributed by atoms with Gasteiger partial charge in [0.15, 0.2) is 0 Å². The number of anilines is 6. The standard InChI is InChI=1S/C55H44BN3S2/c1-33-29-42-43(55(4,5)28-27-54(42,2)3)32-44(33)58-45-31-36(57(34-17-8-6-9-18-34)35-19-10-7-11-20-35)30-41-37-23-16-24-40-49(37)59(50-38-21-12-14-25-46(38)60-52(40)50)56(48(41)45)53-51(58)39-22-13-15-26-47(39)61-53/h6-26,29-32H,27-28H2,1-5H3. The van der Waals surface area contributed by atoms with Crippen LogP contribution < -0.4 is 20.0 Å². The predicted octanol–water partition coefficient (Wildman–Crippen LogP) is 14.8. The number of benzene rings is 7. The van der Waals surface area contributed by atoms with Gasteiger partial charge in [0.2, 0.25) is 0 Å². The minimum Gasteiger partial charge on any atom is -0.374 e. The van der Waals surface area contributed by atoms with E-state index in [1.807, 2.05) is 22.7 Å². The second-order valence-electron chi connectivity index (χ2n) is 18.8. The second-order valence-corrected chi connectivity index (χ2v) is 20.9. The maximum absolute atomic E-state index is 2.76. The number of hydrogen-bond acceptors (Lipinski definition) is 4. The van der Waals surface area contributed by atoms with E-state index in [1.54, 1.807) is 0 Å². The molecule has 0 bridgehead atoms. The summed E-state index contributed by atoms with van der Waals surface area (Å²) in [6.07, 6.45) is 2.36. The normalized spacial score (nSPS) is 15.7. The monoisotopic (exact) mass is 821 g/mol. The van der Waals surface area contributed by atoms with Crippen molar-refractivity contribution in [1.29, 1.82) is 0 Å². The number of rotatable bonds is 4. The molecular weight excluding hydrogens is 778 g/mol. The zero-order chi connectivity index (χ0) is 40.9. The van der Waals surface area contributed by atoms with E-state index in [9.17, 15) is 0 Å². The van der Waals surface area contributed by atoms with Crippen LogP contribution in [-0.4, -0.2) is 11.3 Å². The highest BCUT2D eigenvalue weighted by Crippen LogP contribution is 2.55. The molecule has 6 heteroatoms. The second kappa shape index (κ2) is 12.5. The fourth-order valence-electron chi connectivity index (χ4n) is 11.2. The average Bonchev–Trinajstić information content (AvgIpc) is 3.95. The van der Waals surface area contributed by atoms with Crippen molar-refractivity contribution in [3.8, 4) is 11.1 Å². The molecule has 0 unspecified atom stereocenters. The smallest absolute Gasteiger partial charge is 0.343 e. The summed E-state index contributed by atoms with van der Waals surface area (Å²) in [4.78, 5) is 5.16. The van der Waals surface area contributed by atoms with Crippen LogP contribution in [0, 0.1) is 6.92 Å². The van der Waals surface area contributed by atoms with Crippen LogP contribution in [-0.2, 0) is 10.8 Å². The lowest BCUT2D eigenvalue weighted by molar-refractivity contribution is 0.332. The molecule has 0 saturated carbocycles. The number of thiophene rings is 2. The lowest BCUT2D eigenvalue weighted by atomic mass is 9.48. The Hall–Kier alpha value is -6.08. The fourth-order valence-corrected chi connectivity index (χ4v) is 13.8. The Kier molecular flexibility index (Phi) is 7.31. The molecule has 0 N–H and O–H groups in total. The Morgan fingerprint density at radius 1 is 0.541 bits per heavy atom. The van der Waals surface area contributed by atoms with Crippen molar-refractivity contribution in [3.05, 3.63) is 168 Å². The number of aryl methyl sites for hydroxylation is 1. The van der Waals surface area contributed by atoms with Crippen molar-refractivity contribution in [3.63, 3.8) is 0 Å². The third kappa shape index (κ3) is 4.86. The van der Waals surface area contributed by atoms with Crippen molar-refractivity contribution < 1.29 is 0 Å². The zero-order valence-electron chi connectivity index (χ0n) is 35.1. The Morgan fingerprint density at radius 3 is 1.85 bits per heavy atom. The summed E-state index contributed by atoms with van der Waals surface area (Å²) in [5.74, 6) is 0. The molecule has 2 aliphatic heterocycles.